The zero-order valence-electron chi connectivity index (χ0n) is 14.7. The Hall–Kier alpha value is -0.120. The predicted octanol–water partition coefficient (Wildman–Crippen LogP) is 4.33. The first-order valence-corrected chi connectivity index (χ1v) is 9.02. The molecule has 1 fully saturated rings. The van der Waals surface area contributed by atoms with Gasteiger partial charge in [-0.15, -0.1) is 0 Å². The van der Waals surface area contributed by atoms with Gasteiger partial charge in [-0.05, 0) is 33.7 Å². The van der Waals surface area contributed by atoms with E-state index < -0.39 is 0 Å². The third-order valence-electron chi connectivity index (χ3n) is 4.96. The van der Waals surface area contributed by atoms with E-state index in [9.17, 15) is 5.11 Å². The number of aliphatic hydroxyl groups is 1. The van der Waals surface area contributed by atoms with Crippen LogP contribution in [0.5, 0.6) is 0 Å². The Morgan fingerprint density at radius 1 is 1.10 bits per heavy atom. The quantitative estimate of drug-likeness (QED) is 0.576. The van der Waals surface area contributed by atoms with Gasteiger partial charge in [0.05, 0.1) is 12.7 Å². The molecule has 0 aromatic rings. The summed E-state index contributed by atoms with van der Waals surface area (Å²) in [5.41, 5.74) is -0.178. The largest absolute Gasteiger partial charge is 0.393 e. The lowest BCUT2D eigenvalue weighted by atomic mass is 10.0. The van der Waals surface area contributed by atoms with Crippen molar-refractivity contribution in [2.75, 3.05) is 13.7 Å². The van der Waals surface area contributed by atoms with Crippen molar-refractivity contribution in [3.05, 3.63) is 0 Å². The molecule has 0 aliphatic carbocycles. The van der Waals surface area contributed by atoms with Gasteiger partial charge in [-0.25, -0.2) is 0 Å². The highest BCUT2D eigenvalue weighted by Crippen LogP contribution is 2.28. The van der Waals surface area contributed by atoms with Crippen molar-refractivity contribution in [3.63, 3.8) is 0 Å². The molecule has 1 aliphatic rings. The van der Waals surface area contributed by atoms with Gasteiger partial charge in [-0.2, -0.15) is 0 Å². The molecule has 1 rings (SSSR count). The molecular formula is C18H37NO2. The first-order valence-electron chi connectivity index (χ1n) is 9.02. The monoisotopic (exact) mass is 299 g/mol. The third kappa shape index (κ3) is 7.12. The number of hydrogen-bond acceptors (Lipinski definition) is 3. The maximum atomic E-state index is 10.2. The molecule has 0 spiro atoms. The molecule has 0 saturated carbocycles. The van der Waals surface area contributed by atoms with Crippen LogP contribution in [0.1, 0.15) is 85.0 Å². The summed E-state index contributed by atoms with van der Waals surface area (Å²) in [4.78, 5) is 2.25. The van der Waals surface area contributed by atoms with Gasteiger partial charge < -0.3 is 9.84 Å². The van der Waals surface area contributed by atoms with Crippen LogP contribution in [-0.2, 0) is 4.74 Å². The van der Waals surface area contributed by atoms with Crippen LogP contribution in [0.4, 0.5) is 0 Å². The van der Waals surface area contributed by atoms with E-state index in [1.165, 1.54) is 44.9 Å². The summed E-state index contributed by atoms with van der Waals surface area (Å²) < 4.78 is 5.77. The second-order valence-electron chi connectivity index (χ2n) is 7.18. The Balaban J connectivity index is 2.01. The van der Waals surface area contributed by atoms with Crippen LogP contribution >= 0.6 is 0 Å². The highest BCUT2D eigenvalue weighted by Gasteiger charge is 2.38. The third-order valence-corrected chi connectivity index (χ3v) is 4.96. The van der Waals surface area contributed by atoms with Crippen molar-refractivity contribution >= 4 is 0 Å². The first-order chi connectivity index (χ1) is 9.97. The van der Waals surface area contributed by atoms with Gasteiger partial charge in [-0.1, -0.05) is 58.3 Å². The van der Waals surface area contributed by atoms with Gasteiger partial charge in [0.25, 0.3) is 0 Å². The van der Waals surface area contributed by atoms with E-state index >= 15 is 0 Å². The lowest BCUT2D eigenvalue weighted by molar-refractivity contribution is -0.0425. The normalized spacial score (nSPS) is 23.6. The zero-order valence-corrected chi connectivity index (χ0v) is 14.7. The van der Waals surface area contributed by atoms with Crippen LogP contribution in [0.3, 0.4) is 0 Å². The minimum atomic E-state index is -0.178. The predicted molar refractivity (Wildman–Crippen MR) is 89.4 cm³/mol. The van der Waals surface area contributed by atoms with Crippen molar-refractivity contribution in [1.82, 2.24) is 4.90 Å². The summed E-state index contributed by atoms with van der Waals surface area (Å²) in [5, 5.41) is 10.2. The minimum absolute atomic E-state index is 0.171. The Kier molecular flexibility index (Phi) is 8.84. The van der Waals surface area contributed by atoms with Crippen molar-refractivity contribution < 1.29 is 9.84 Å². The van der Waals surface area contributed by atoms with E-state index in [0.717, 1.165) is 25.9 Å². The molecule has 1 N–H and O–H groups in total. The Labute approximate surface area is 132 Å². The Morgan fingerprint density at radius 3 is 2.19 bits per heavy atom. The number of ether oxygens (including phenoxy) is 1. The summed E-state index contributed by atoms with van der Waals surface area (Å²) in [6.45, 7) is 7.20. The van der Waals surface area contributed by atoms with E-state index in [2.05, 4.69) is 32.7 Å². The minimum Gasteiger partial charge on any atom is -0.393 e. The molecule has 126 valence electrons. The molecule has 0 bridgehead atoms. The molecule has 0 aromatic carbocycles. The summed E-state index contributed by atoms with van der Waals surface area (Å²) in [6, 6.07) is 0.365. The SMILES string of the molecule is CCCCCCCCCCC(O)CC1COC(C)(C)N1C. The summed E-state index contributed by atoms with van der Waals surface area (Å²) >= 11 is 0. The van der Waals surface area contributed by atoms with Crippen LogP contribution in [0.25, 0.3) is 0 Å². The second kappa shape index (κ2) is 9.81. The van der Waals surface area contributed by atoms with Crippen LogP contribution in [0, 0.1) is 0 Å². The average Bonchev–Trinajstić information content (AvgIpc) is 2.69. The van der Waals surface area contributed by atoms with E-state index in [1.807, 2.05) is 0 Å². The molecule has 1 heterocycles. The van der Waals surface area contributed by atoms with E-state index in [4.69, 9.17) is 4.74 Å². The number of hydrogen-bond donors (Lipinski definition) is 1. The van der Waals surface area contributed by atoms with E-state index in [-0.39, 0.29) is 11.8 Å². The van der Waals surface area contributed by atoms with E-state index in [0.29, 0.717) is 6.04 Å². The Morgan fingerprint density at radius 2 is 1.67 bits per heavy atom. The lowest BCUT2D eigenvalue weighted by Gasteiger charge is -2.30. The van der Waals surface area contributed by atoms with Gasteiger partial charge >= 0.3 is 0 Å². The van der Waals surface area contributed by atoms with Gasteiger partial charge in [-0.3, -0.25) is 4.90 Å². The fraction of sp³-hybridized carbons (Fsp3) is 1.00. The number of unbranched alkanes of at least 4 members (excludes halogenated alkanes) is 7. The maximum absolute atomic E-state index is 10.2. The van der Waals surface area contributed by atoms with Crippen LogP contribution in [-0.4, -0.2) is 41.5 Å². The van der Waals surface area contributed by atoms with Crippen LogP contribution < -0.4 is 0 Å². The molecule has 0 amide bonds. The summed E-state index contributed by atoms with van der Waals surface area (Å²) in [7, 11) is 2.10. The average molecular weight is 299 g/mol. The molecule has 2 atom stereocenters. The maximum Gasteiger partial charge on any atom is 0.116 e. The van der Waals surface area contributed by atoms with E-state index in [1.54, 1.807) is 0 Å². The van der Waals surface area contributed by atoms with Crippen LogP contribution in [0.15, 0.2) is 0 Å². The molecule has 1 aliphatic heterocycles. The number of likely N-dealkylation sites (N-methyl/N-ethyl adjacent to an activating group) is 1. The fourth-order valence-electron chi connectivity index (χ4n) is 3.13. The second-order valence-corrected chi connectivity index (χ2v) is 7.18. The molecular weight excluding hydrogens is 262 g/mol. The van der Waals surface area contributed by atoms with Gasteiger partial charge in [0.2, 0.25) is 0 Å². The summed E-state index contributed by atoms with van der Waals surface area (Å²) in [6.07, 6.45) is 12.2. The number of rotatable bonds is 11. The lowest BCUT2D eigenvalue weighted by Crippen LogP contribution is -2.41. The highest BCUT2D eigenvalue weighted by atomic mass is 16.5. The molecule has 21 heavy (non-hydrogen) atoms. The fourth-order valence-corrected chi connectivity index (χ4v) is 3.13. The van der Waals surface area contributed by atoms with Gasteiger partial charge in [0.15, 0.2) is 0 Å². The smallest absolute Gasteiger partial charge is 0.116 e. The van der Waals surface area contributed by atoms with Gasteiger partial charge in [0, 0.05) is 6.04 Å². The summed E-state index contributed by atoms with van der Waals surface area (Å²) in [5.74, 6) is 0. The van der Waals surface area contributed by atoms with Crippen molar-refractivity contribution in [1.29, 1.82) is 0 Å². The molecule has 2 unspecified atom stereocenters. The molecule has 0 aromatic heterocycles. The van der Waals surface area contributed by atoms with Crippen LogP contribution in [0.2, 0.25) is 0 Å². The van der Waals surface area contributed by atoms with Crippen molar-refractivity contribution in [2.45, 2.75) is 103 Å². The number of nitrogens with zero attached hydrogens (tertiary/aromatic N) is 1. The number of aliphatic hydroxyl groups excluding tert-OH is 1. The Bertz CT molecular complexity index is 268. The standard InChI is InChI=1S/C18H37NO2/c1-5-6-7-8-9-10-11-12-13-17(20)14-16-15-21-18(2,3)19(16)4/h16-17,20H,5-15H2,1-4H3. The zero-order chi connectivity index (χ0) is 15.7. The van der Waals surface area contributed by atoms with Crippen molar-refractivity contribution in [2.24, 2.45) is 0 Å². The van der Waals surface area contributed by atoms with Gasteiger partial charge in [0.1, 0.15) is 5.72 Å². The highest BCUT2D eigenvalue weighted by molar-refractivity contribution is 4.85. The first kappa shape index (κ1) is 18.9. The molecule has 3 heteroatoms. The van der Waals surface area contributed by atoms with Crippen molar-refractivity contribution in [3.8, 4) is 0 Å². The topological polar surface area (TPSA) is 32.7 Å². The molecule has 0 radical (unpaired) electrons. The molecule has 3 nitrogen and oxygen atoms in total. The molecule has 1 saturated heterocycles.